The lowest BCUT2D eigenvalue weighted by Gasteiger charge is -1.94. The molecule has 0 N–H and O–H groups in total. The van der Waals surface area contributed by atoms with Crippen molar-refractivity contribution in [1.29, 1.82) is 0 Å². The number of azide groups is 1. The van der Waals surface area contributed by atoms with E-state index in [1.807, 2.05) is 0 Å². The molecule has 0 aliphatic rings. The first-order chi connectivity index (χ1) is 8.33. The van der Waals surface area contributed by atoms with Gasteiger partial charge >= 0.3 is 0 Å². The molecule has 2 aromatic rings. The molecule has 2 rings (SSSR count). The summed E-state index contributed by atoms with van der Waals surface area (Å²) in [6.45, 7) is 0.0237. The van der Waals surface area contributed by atoms with Gasteiger partial charge in [-0.2, -0.15) is 0 Å². The number of aromatic nitrogens is 2. The average Bonchev–Trinajstić information content (AvgIpc) is 2.85. The molecular weight excluding hydrogens is 222 g/mol. The van der Waals surface area contributed by atoms with Crippen LogP contribution in [-0.4, -0.2) is 16.5 Å². The lowest BCUT2D eigenvalue weighted by molar-refractivity contribution is 0.112. The summed E-state index contributed by atoms with van der Waals surface area (Å²) in [5.41, 5.74) is 9.42. The normalized spacial score (nSPS) is 9.65. The second-order valence-electron chi connectivity index (χ2n) is 3.13. The number of hydrogen-bond donors (Lipinski definition) is 0. The van der Waals surface area contributed by atoms with Crippen LogP contribution in [0.2, 0.25) is 0 Å². The second kappa shape index (κ2) is 4.91. The first kappa shape index (κ1) is 10.8. The molecule has 1 heterocycles. The summed E-state index contributed by atoms with van der Waals surface area (Å²) in [5.74, 6) is 0.572. The van der Waals surface area contributed by atoms with E-state index in [0.717, 1.165) is 6.29 Å². The van der Waals surface area contributed by atoms with Crippen molar-refractivity contribution in [1.82, 2.24) is 10.2 Å². The third kappa shape index (κ3) is 2.47. The van der Waals surface area contributed by atoms with Gasteiger partial charge in [0.15, 0.2) is 0 Å². The van der Waals surface area contributed by atoms with Crippen LogP contribution in [0.1, 0.15) is 16.2 Å². The average molecular weight is 229 g/mol. The lowest BCUT2D eigenvalue weighted by Crippen LogP contribution is -1.81. The molecule has 0 spiro atoms. The number of carbonyl (C=O) groups is 1. The predicted molar refractivity (Wildman–Crippen MR) is 58.0 cm³/mol. The summed E-state index contributed by atoms with van der Waals surface area (Å²) in [5, 5.41) is 10.8. The summed E-state index contributed by atoms with van der Waals surface area (Å²) < 4.78 is 5.27. The fourth-order valence-corrected chi connectivity index (χ4v) is 1.23. The van der Waals surface area contributed by atoms with E-state index in [1.54, 1.807) is 24.3 Å². The standard InChI is InChI=1S/C10H7N5O2/c11-15-12-5-9-13-14-10(17-9)8-3-1-7(6-16)2-4-8/h1-4,6H,5H2. The smallest absolute Gasteiger partial charge is 0.247 e. The van der Waals surface area contributed by atoms with E-state index in [4.69, 9.17) is 9.95 Å². The van der Waals surface area contributed by atoms with E-state index in [-0.39, 0.29) is 12.4 Å². The van der Waals surface area contributed by atoms with Crippen molar-refractivity contribution in [2.24, 2.45) is 5.11 Å². The van der Waals surface area contributed by atoms with Crippen LogP contribution in [0.3, 0.4) is 0 Å². The van der Waals surface area contributed by atoms with Gasteiger partial charge in [-0.05, 0) is 17.7 Å². The van der Waals surface area contributed by atoms with Crippen LogP contribution in [0.15, 0.2) is 33.8 Å². The minimum absolute atomic E-state index is 0.0237. The minimum atomic E-state index is 0.0237. The zero-order valence-corrected chi connectivity index (χ0v) is 8.65. The number of aldehydes is 1. The van der Waals surface area contributed by atoms with Crippen LogP contribution < -0.4 is 0 Å². The van der Waals surface area contributed by atoms with Crippen LogP contribution in [0.25, 0.3) is 21.9 Å². The van der Waals surface area contributed by atoms with Crippen molar-refractivity contribution >= 4 is 6.29 Å². The summed E-state index contributed by atoms with van der Waals surface area (Å²) in [4.78, 5) is 13.1. The predicted octanol–water partition coefficient (Wildman–Crippen LogP) is 2.36. The van der Waals surface area contributed by atoms with Gasteiger partial charge in [-0.3, -0.25) is 4.79 Å². The van der Waals surface area contributed by atoms with Crippen molar-refractivity contribution in [3.8, 4) is 11.5 Å². The summed E-state index contributed by atoms with van der Waals surface area (Å²) in [7, 11) is 0. The Kier molecular flexibility index (Phi) is 3.13. The molecule has 84 valence electrons. The number of rotatable bonds is 4. The van der Waals surface area contributed by atoms with Gasteiger partial charge < -0.3 is 4.42 Å². The molecule has 0 bridgehead atoms. The molecule has 0 amide bonds. The lowest BCUT2D eigenvalue weighted by atomic mass is 10.1. The van der Waals surface area contributed by atoms with E-state index < -0.39 is 0 Å². The molecule has 0 unspecified atom stereocenters. The fraction of sp³-hybridized carbons (Fsp3) is 0.100. The molecule has 0 aliphatic heterocycles. The molecule has 7 nitrogen and oxygen atoms in total. The Labute approximate surface area is 95.7 Å². The number of benzene rings is 1. The molecule has 1 aromatic carbocycles. The molecule has 0 saturated heterocycles. The topological polar surface area (TPSA) is 105 Å². The third-order valence-corrected chi connectivity index (χ3v) is 2.03. The monoisotopic (exact) mass is 229 g/mol. The van der Waals surface area contributed by atoms with Gasteiger partial charge in [0.25, 0.3) is 0 Å². The molecule has 7 heteroatoms. The Balaban J connectivity index is 2.23. The van der Waals surface area contributed by atoms with E-state index >= 15 is 0 Å². The third-order valence-electron chi connectivity index (χ3n) is 2.03. The highest BCUT2D eigenvalue weighted by Gasteiger charge is 2.07. The minimum Gasteiger partial charge on any atom is -0.421 e. The first-order valence-electron chi connectivity index (χ1n) is 4.72. The van der Waals surface area contributed by atoms with Crippen molar-refractivity contribution in [3.05, 3.63) is 46.2 Å². The molecular formula is C10H7N5O2. The zero-order chi connectivity index (χ0) is 12.1. The molecule has 1 aromatic heterocycles. The maximum Gasteiger partial charge on any atom is 0.247 e. The SMILES string of the molecule is [N-]=[N+]=NCc1nnc(-c2ccc(C=O)cc2)o1. The number of nitrogens with zero attached hydrogens (tertiary/aromatic N) is 5. The highest BCUT2D eigenvalue weighted by molar-refractivity contribution is 5.75. The Morgan fingerprint density at radius 1 is 1.35 bits per heavy atom. The molecule has 0 aliphatic carbocycles. The molecule has 0 fully saturated rings. The van der Waals surface area contributed by atoms with Gasteiger partial charge in [0, 0.05) is 16.0 Å². The van der Waals surface area contributed by atoms with Crippen LogP contribution >= 0.6 is 0 Å². The molecule has 0 radical (unpaired) electrons. The van der Waals surface area contributed by atoms with Gasteiger partial charge in [-0.15, -0.1) is 10.2 Å². The van der Waals surface area contributed by atoms with Crippen molar-refractivity contribution in [2.75, 3.05) is 0 Å². The van der Waals surface area contributed by atoms with E-state index in [1.165, 1.54) is 0 Å². The summed E-state index contributed by atoms with van der Waals surface area (Å²) >= 11 is 0. The summed E-state index contributed by atoms with van der Waals surface area (Å²) in [6, 6.07) is 6.71. The van der Waals surface area contributed by atoms with Crippen LogP contribution in [0.5, 0.6) is 0 Å². The maximum absolute atomic E-state index is 10.5. The molecule has 0 saturated carbocycles. The van der Waals surface area contributed by atoms with Gasteiger partial charge in [-0.1, -0.05) is 17.2 Å². The van der Waals surface area contributed by atoms with E-state index in [0.29, 0.717) is 17.0 Å². The quantitative estimate of drug-likeness (QED) is 0.347. The molecule has 17 heavy (non-hydrogen) atoms. The van der Waals surface area contributed by atoms with Gasteiger partial charge in [-0.25, -0.2) is 0 Å². The van der Waals surface area contributed by atoms with E-state index in [9.17, 15) is 4.79 Å². The maximum atomic E-state index is 10.5. The van der Waals surface area contributed by atoms with Crippen molar-refractivity contribution in [2.45, 2.75) is 6.54 Å². The zero-order valence-electron chi connectivity index (χ0n) is 8.65. The van der Waals surface area contributed by atoms with Crippen molar-refractivity contribution in [3.63, 3.8) is 0 Å². The number of carbonyl (C=O) groups excluding carboxylic acids is 1. The number of hydrogen-bond acceptors (Lipinski definition) is 5. The Morgan fingerprint density at radius 2 is 2.12 bits per heavy atom. The van der Waals surface area contributed by atoms with Gasteiger partial charge in [0.05, 0.1) is 0 Å². The Morgan fingerprint density at radius 3 is 2.76 bits per heavy atom. The van der Waals surface area contributed by atoms with Crippen LogP contribution in [0.4, 0.5) is 0 Å². The summed E-state index contributed by atoms with van der Waals surface area (Å²) in [6.07, 6.45) is 0.755. The van der Waals surface area contributed by atoms with Crippen molar-refractivity contribution < 1.29 is 9.21 Å². The van der Waals surface area contributed by atoms with Crippen LogP contribution in [0, 0.1) is 0 Å². The largest absolute Gasteiger partial charge is 0.421 e. The first-order valence-corrected chi connectivity index (χ1v) is 4.72. The highest BCUT2D eigenvalue weighted by atomic mass is 16.4. The fourth-order valence-electron chi connectivity index (χ4n) is 1.23. The van der Waals surface area contributed by atoms with Gasteiger partial charge in [0.2, 0.25) is 11.8 Å². The highest BCUT2D eigenvalue weighted by Crippen LogP contribution is 2.18. The second-order valence-corrected chi connectivity index (χ2v) is 3.13. The van der Waals surface area contributed by atoms with E-state index in [2.05, 4.69) is 20.2 Å². The molecule has 0 atom stereocenters. The van der Waals surface area contributed by atoms with Crippen LogP contribution in [-0.2, 0) is 6.54 Å². The Bertz CT molecular complexity index is 569. The Hall–Kier alpha value is -2.66. The van der Waals surface area contributed by atoms with Gasteiger partial charge in [0.1, 0.15) is 12.8 Å².